The molecule has 13 rings (SSSR count). The molecule has 4 heterocycles. The highest BCUT2D eigenvalue weighted by Crippen LogP contribution is 2.45. The molecule has 5 nitrogen and oxygen atoms in total. The van der Waals surface area contributed by atoms with Gasteiger partial charge in [0.15, 0.2) is 17.5 Å². The number of rotatable bonds is 4. The minimum absolute atomic E-state index is 0.588. The van der Waals surface area contributed by atoms with E-state index < -0.39 is 0 Å². The lowest BCUT2D eigenvalue weighted by molar-refractivity contribution is 0.668. The summed E-state index contributed by atoms with van der Waals surface area (Å²) in [6, 6.07) is 55.3. The maximum atomic E-state index is 6.70. The van der Waals surface area contributed by atoms with Crippen LogP contribution in [0.2, 0.25) is 0 Å². The highest BCUT2D eigenvalue weighted by molar-refractivity contribution is 7.19. The predicted octanol–water partition coefficient (Wildman–Crippen LogP) is 14.6. The number of furan rings is 2. The lowest BCUT2D eigenvalue weighted by Gasteiger charge is -2.17. The normalized spacial score (nSPS) is 13.1. The van der Waals surface area contributed by atoms with Crippen molar-refractivity contribution in [3.8, 4) is 34.2 Å². The van der Waals surface area contributed by atoms with Gasteiger partial charge in [-0.25, -0.2) is 15.0 Å². The molecule has 1 aliphatic carbocycles. The van der Waals surface area contributed by atoms with Crippen LogP contribution in [-0.4, -0.2) is 15.0 Å². The van der Waals surface area contributed by atoms with Gasteiger partial charge in [0.2, 0.25) is 0 Å². The molecule has 0 saturated carbocycles. The quantitative estimate of drug-likeness (QED) is 0.167. The van der Waals surface area contributed by atoms with Crippen molar-refractivity contribution in [2.24, 2.45) is 0 Å². The summed E-state index contributed by atoms with van der Waals surface area (Å²) in [4.78, 5) is 17.5. The third-order valence-corrected chi connectivity index (χ3v) is 13.2. The highest BCUT2D eigenvalue weighted by atomic mass is 32.1. The Morgan fingerprint density at radius 2 is 1.05 bits per heavy atom. The number of allylic oxidation sites excluding steroid dienone is 1. The average molecular weight is 774 g/mol. The number of nitrogens with zero attached hydrogens (tertiary/aromatic N) is 3. The van der Waals surface area contributed by atoms with E-state index in [9.17, 15) is 0 Å². The summed E-state index contributed by atoms with van der Waals surface area (Å²) < 4.78 is 14.2. The van der Waals surface area contributed by atoms with Crippen molar-refractivity contribution in [2.75, 3.05) is 0 Å². The lowest BCUT2D eigenvalue weighted by atomic mass is 9.88. The zero-order chi connectivity index (χ0) is 38.6. The van der Waals surface area contributed by atoms with Crippen LogP contribution in [0.25, 0.3) is 115 Å². The Bertz CT molecular complexity index is 3760. The summed E-state index contributed by atoms with van der Waals surface area (Å²) in [5.41, 5.74) is 9.64. The van der Waals surface area contributed by atoms with Crippen LogP contribution in [0, 0.1) is 0 Å². The number of fused-ring (bicyclic) bond motifs is 12. The van der Waals surface area contributed by atoms with E-state index in [4.69, 9.17) is 23.8 Å². The van der Waals surface area contributed by atoms with Crippen LogP contribution >= 0.6 is 11.3 Å². The van der Waals surface area contributed by atoms with Gasteiger partial charge < -0.3 is 8.83 Å². The Kier molecular flexibility index (Phi) is 6.94. The first-order valence-corrected chi connectivity index (χ1v) is 20.8. The summed E-state index contributed by atoms with van der Waals surface area (Å²) in [7, 11) is 0. The third kappa shape index (κ3) is 5.06. The standard InChI is InChI=1S/C53H31N3O2S/c1-2-11-35-30(10-1)20-21-31-22-23-32(26-40(31)35)51-54-52(33-24-25-45-41(27-33)37-12-3-6-16-43(37)57-45)56-53(55-51)42-28-34(29-46-49(42)38-13-4-7-17-44(38)58-46)36-15-9-19-48-50(36)39-14-5-8-18-47(39)59-48/h1-8,10-18,20-29H,9,19H2. The second kappa shape index (κ2) is 12.5. The van der Waals surface area contributed by atoms with Crippen molar-refractivity contribution in [2.45, 2.75) is 12.8 Å². The smallest absolute Gasteiger partial charge is 0.164 e. The molecule has 1 aliphatic rings. The van der Waals surface area contributed by atoms with Crippen LogP contribution in [-0.2, 0) is 6.42 Å². The van der Waals surface area contributed by atoms with Gasteiger partial charge in [-0.3, -0.25) is 0 Å². The Morgan fingerprint density at radius 3 is 1.90 bits per heavy atom. The predicted molar refractivity (Wildman–Crippen MR) is 243 cm³/mol. The zero-order valence-electron chi connectivity index (χ0n) is 31.6. The fourth-order valence-corrected chi connectivity index (χ4v) is 10.5. The van der Waals surface area contributed by atoms with Crippen molar-refractivity contribution in [1.82, 2.24) is 15.0 Å². The van der Waals surface area contributed by atoms with Crippen LogP contribution < -0.4 is 0 Å². The first kappa shape index (κ1) is 32.7. The number of hydrogen-bond donors (Lipinski definition) is 0. The topological polar surface area (TPSA) is 65.0 Å². The Balaban J connectivity index is 1.09. The number of aryl methyl sites for hydroxylation is 1. The van der Waals surface area contributed by atoms with Crippen LogP contribution in [0.5, 0.6) is 0 Å². The molecule has 4 aromatic heterocycles. The lowest BCUT2D eigenvalue weighted by Crippen LogP contribution is -2.02. The molecular formula is C53H31N3O2S. The number of hydrogen-bond acceptors (Lipinski definition) is 6. The van der Waals surface area contributed by atoms with E-state index in [1.54, 1.807) is 0 Å². The minimum Gasteiger partial charge on any atom is -0.456 e. The second-order valence-corrected chi connectivity index (χ2v) is 16.5. The van der Waals surface area contributed by atoms with Crippen molar-refractivity contribution in [3.05, 3.63) is 180 Å². The van der Waals surface area contributed by atoms with Crippen LogP contribution in [0.3, 0.4) is 0 Å². The Hall–Kier alpha value is -7.41. The largest absolute Gasteiger partial charge is 0.456 e. The van der Waals surface area contributed by atoms with Gasteiger partial charge in [0, 0.05) is 58.8 Å². The minimum atomic E-state index is 0.588. The molecule has 0 N–H and O–H groups in total. The maximum absolute atomic E-state index is 6.70. The molecule has 0 atom stereocenters. The van der Waals surface area contributed by atoms with Crippen molar-refractivity contribution in [3.63, 3.8) is 0 Å². The maximum Gasteiger partial charge on any atom is 0.164 e. The third-order valence-electron chi connectivity index (χ3n) is 12.0. The van der Waals surface area contributed by atoms with Crippen LogP contribution in [0.4, 0.5) is 0 Å². The van der Waals surface area contributed by atoms with Crippen LogP contribution in [0.1, 0.15) is 22.4 Å². The molecule has 0 unspecified atom stereocenters. The van der Waals surface area contributed by atoms with Crippen molar-refractivity contribution in [1.29, 1.82) is 0 Å². The van der Waals surface area contributed by atoms with Gasteiger partial charge >= 0.3 is 0 Å². The number of benzene rings is 8. The van der Waals surface area contributed by atoms with E-state index in [-0.39, 0.29) is 0 Å². The molecule has 59 heavy (non-hydrogen) atoms. The van der Waals surface area contributed by atoms with Gasteiger partial charge in [-0.15, -0.1) is 11.3 Å². The monoisotopic (exact) mass is 773 g/mol. The molecule has 0 amide bonds. The molecule has 0 spiro atoms. The molecule has 0 aliphatic heterocycles. The Morgan fingerprint density at radius 1 is 0.441 bits per heavy atom. The first-order valence-electron chi connectivity index (χ1n) is 20.0. The Labute approximate surface area is 341 Å². The van der Waals surface area contributed by atoms with E-state index in [2.05, 4.69) is 127 Å². The van der Waals surface area contributed by atoms with E-state index in [0.717, 1.165) is 84.4 Å². The van der Waals surface area contributed by atoms with Gasteiger partial charge in [0.25, 0.3) is 0 Å². The summed E-state index contributed by atoms with van der Waals surface area (Å²) >= 11 is 1.90. The summed E-state index contributed by atoms with van der Waals surface area (Å²) in [6.07, 6.45) is 4.41. The summed E-state index contributed by atoms with van der Waals surface area (Å²) in [5.74, 6) is 1.78. The summed E-state index contributed by atoms with van der Waals surface area (Å²) in [6.45, 7) is 0. The molecule has 0 saturated heterocycles. The fourth-order valence-electron chi connectivity index (χ4n) is 9.23. The molecule has 12 aromatic rings. The molecule has 0 radical (unpaired) electrons. The van der Waals surface area contributed by atoms with Gasteiger partial charge in [-0.2, -0.15) is 0 Å². The van der Waals surface area contributed by atoms with Gasteiger partial charge in [-0.1, -0.05) is 109 Å². The van der Waals surface area contributed by atoms with E-state index in [0.29, 0.717) is 17.5 Å². The van der Waals surface area contributed by atoms with Crippen molar-refractivity contribution < 1.29 is 8.83 Å². The van der Waals surface area contributed by atoms with Crippen LogP contribution in [0.15, 0.2) is 173 Å². The molecular weight excluding hydrogens is 743 g/mol. The van der Waals surface area contributed by atoms with Gasteiger partial charge in [0.05, 0.1) is 0 Å². The molecule has 276 valence electrons. The average Bonchev–Trinajstić information content (AvgIpc) is 3.99. The van der Waals surface area contributed by atoms with E-state index in [1.165, 1.54) is 42.3 Å². The first-order chi connectivity index (χ1) is 29.2. The molecule has 0 bridgehead atoms. The SMILES string of the molecule is C1=C(c2cc(-c3nc(-c4ccc5ccc6ccccc6c5c4)nc(-c4ccc5oc6ccccc6c5c4)n3)c3c(c2)oc2ccccc23)c2c(sc3ccccc23)CC1. The number of para-hydroxylation sites is 2. The van der Waals surface area contributed by atoms with E-state index in [1.807, 2.05) is 47.7 Å². The van der Waals surface area contributed by atoms with Gasteiger partial charge in [0.1, 0.15) is 22.3 Å². The highest BCUT2D eigenvalue weighted by Gasteiger charge is 2.25. The van der Waals surface area contributed by atoms with Crippen molar-refractivity contribution >= 4 is 92.4 Å². The number of thiophene rings is 1. The fraction of sp³-hybridized carbons (Fsp3) is 0.0377. The molecule has 6 heteroatoms. The van der Waals surface area contributed by atoms with E-state index >= 15 is 0 Å². The van der Waals surface area contributed by atoms with Gasteiger partial charge in [-0.05, 0) is 100 Å². The zero-order valence-corrected chi connectivity index (χ0v) is 32.4. The number of aromatic nitrogens is 3. The second-order valence-electron chi connectivity index (χ2n) is 15.4. The summed E-state index contributed by atoms with van der Waals surface area (Å²) in [5, 5.41) is 10.1. The molecule has 0 fully saturated rings. The molecule has 8 aromatic carbocycles.